The van der Waals surface area contributed by atoms with Crippen molar-refractivity contribution in [3.63, 3.8) is 0 Å². The number of hydrogen-bond donors (Lipinski definition) is 1. The van der Waals surface area contributed by atoms with E-state index in [4.69, 9.17) is 16.3 Å². The summed E-state index contributed by atoms with van der Waals surface area (Å²) in [5.41, 5.74) is 1.03. The van der Waals surface area contributed by atoms with E-state index in [2.05, 4.69) is 20.8 Å². The fourth-order valence-corrected chi connectivity index (χ4v) is 2.57. The van der Waals surface area contributed by atoms with Crippen molar-refractivity contribution in [2.45, 2.75) is 12.5 Å². The lowest BCUT2D eigenvalue weighted by atomic mass is 10.1. The van der Waals surface area contributed by atoms with Gasteiger partial charge in [-0.3, -0.25) is 4.79 Å². The van der Waals surface area contributed by atoms with Crippen molar-refractivity contribution in [3.05, 3.63) is 71.5 Å². The van der Waals surface area contributed by atoms with Crippen LogP contribution < -0.4 is 10.1 Å². The van der Waals surface area contributed by atoms with Crippen LogP contribution in [0.2, 0.25) is 5.02 Å². The average Bonchev–Trinajstić information content (AvgIpc) is 3.20. The smallest absolute Gasteiger partial charge is 0.245 e. The van der Waals surface area contributed by atoms with Crippen LogP contribution in [0.1, 0.15) is 11.6 Å². The minimum atomic E-state index is -0.525. The molecule has 3 rings (SSSR count). The Morgan fingerprint density at radius 1 is 1.15 bits per heavy atom. The number of hydrogen-bond acceptors (Lipinski definition) is 5. The van der Waals surface area contributed by atoms with Crippen molar-refractivity contribution in [3.8, 4) is 5.75 Å². The number of carbonyl (C=O) groups is 1. The molecule has 3 aromatic rings. The molecule has 0 aliphatic heterocycles. The molecule has 0 spiro atoms. The van der Waals surface area contributed by atoms with E-state index < -0.39 is 6.04 Å². The van der Waals surface area contributed by atoms with Gasteiger partial charge in [-0.15, -0.1) is 5.10 Å². The second-order valence-corrected chi connectivity index (χ2v) is 6.03. The Hall–Kier alpha value is -2.93. The molecule has 2 aromatic carbocycles. The van der Waals surface area contributed by atoms with E-state index in [1.54, 1.807) is 24.3 Å². The van der Waals surface area contributed by atoms with Crippen LogP contribution in [0.15, 0.2) is 60.9 Å². The molecule has 0 bridgehead atoms. The van der Waals surface area contributed by atoms with Gasteiger partial charge in [0.05, 0.1) is 6.54 Å². The Kier molecular flexibility index (Phi) is 6.16. The molecule has 8 heteroatoms. The Morgan fingerprint density at radius 2 is 1.92 bits per heavy atom. The number of nitrogens with one attached hydrogen (secondary N) is 1. The van der Waals surface area contributed by atoms with E-state index in [1.165, 1.54) is 11.0 Å². The number of carbonyl (C=O) groups excluding carboxylic acids is 1. The van der Waals surface area contributed by atoms with Crippen molar-refractivity contribution in [1.82, 2.24) is 25.5 Å². The molecule has 0 saturated carbocycles. The highest BCUT2D eigenvalue weighted by Crippen LogP contribution is 2.15. The third-order valence-electron chi connectivity index (χ3n) is 3.74. The van der Waals surface area contributed by atoms with Gasteiger partial charge in [-0.1, -0.05) is 41.9 Å². The van der Waals surface area contributed by atoms with Gasteiger partial charge in [0.25, 0.3) is 0 Å². The minimum absolute atomic E-state index is 0.166. The highest BCUT2D eigenvalue weighted by atomic mass is 35.5. The summed E-state index contributed by atoms with van der Waals surface area (Å²) in [5, 5.41) is 14.6. The van der Waals surface area contributed by atoms with Gasteiger partial charge in [-0.25, -0.2) is 4.68 Å². The van der Waals surface area contributed by atoms with E-state index in [0.29, 0.717) is 30.3 Å². The molecule has 26 heavy (non-hydrogen) atoms. The fourth-order valence-electron chi connectivity index (χ4n) is 2.45. The summed E-state index contributed by atoms with van der Waals surface area (Å²) in [5.74, 6) is 0.533. The largest absolute Gasteiger partial charge is 0.492 e. The first kappa shape index (κ1) is 17.9. The topological polar surface area (TPSA) is 81.9 Å². The Labute approximate surface area is 155 Å². The summed E-state index contributed by atoms with van der Waals surface area (Å²) in [7, 11) is 0. The molecule has 1 amide bonds. The number of aromatic nitrogens is 4. The summed E-state index contributed by atoms with van der Waals surface area (Å²) in [6.45, 7) is 0.718. The van der Waals surface area contributed by atoms with Gasteiger partial charge in [-0.2, -0.15) is 0 Å². The van der Waals surface area contributed by atoms with Crippen LogP contribution >= 0.6 is 11.6 Å². The molecule has 0 aliphatic carbocycles. The second kappa shape index (κ2) is 8.96. The average molecular weight is 372 g/mol. The van der Waals surface area contributed by atoms with Crippen molar-refractivity contribution < 1.29 is 9.53 Å². The van der Waals surface area contributed by atoms with Crippen LogP contribution in [0, 0.1) is 0 Å². The monoisotopic (exact) mass is 371 g/mol. The normalized spacial score (nSPS) is 11.7. The van der Waals surface area contributed by atoms with Gasteiger partial charge in [0.15, 0.2) is 0 Å². The Morgan fingerprint density at radius 3 is 2.62 bits per heavy atom. The van der Waals surface area contributed by atoms with Crippen molar-refractivity contribution in [2.24, 2.45) is 0 Å². The molecule has 1 aromatic heterocycles. The lowest BCUT2D eigenvalue weighted by Gasteiger charge is -2.16. The predicted octanol–water partition coefficient (Wildman–Crippen LogP) is 2.31. The molecule has 0 fully saturated rings. The number of tetrazole rings is 1. The molecule has 1 atom stereocenters. The quantitative estimate of drug-likeness (QED) is 0.614. The molecular weight excluding hydrogens is 354 g/mol. The number of nitrogens with zero attached hydrogens (tertiary/aromatic N) is 4. The van der Waals surface area contributed by atoms with Gasteiger partial charge >= 0.3 is 0 Å². The standard InChI is InChI=1S/C18H18ClN5O2/c19-15-6-8-16(9-7-15)26-11-10-20-18(25)17(24-13-21-22-23-24)12-14-4-2-1-3-5-14/h1-9,13,17H,10-12H2,(H,20,25)/t17-/m1/s1. The molecule has 0 aliphatic rings. The first-order valence-electron chi connectivity index (χ1n) is 8.15. The van der Waals surface area contributed by atoms with Crippen LogP contribution in [-0.2, 0) is 11.2 Å². The number of ether oxygens (including phenoxy) is 1. The van der Waals surface area contributed by atoms with E-state index in [-0.39, 0.29) is 5.91 Å². The van der Waals surface area contributed by atoms with Crippen LogP contribution in [0.25, 0.3) is 0 Å². The third-order valence-corrected chi connectivity index (χ3v) is 3.99. The third kappa shape index (κ3) is 5.03. The van der Waals surface area contributed by atoms with E-state index in [0.717, 1.165) is 5.56 Å². The second-order valence-electron chi connectivity index (χ2n) is 5.59. The fraction of sp³-hybridized carbons (Fsp3) is 0.222. The van der Waals surface area contributed by atoms with E-state index in [9.17, 15) is 4.79 Å². The maximum absolute atomic E-state index is 12.6. The van der Waals surface area contributed by atoms with E-state index in [1.807, 2.05) is 30.3 Å². The van der Waals surface area contributed by atoms with Gasteiger partial charge in [0, 0.05) is 11.4 Å². The Balaban J connectivity index is 1.54. The van der Waals surface area contributed by atoms with E-state index >= 15 is 0 Å². The predicted molar refractivity (Wildman–Crippen MR) is 97.0 cm³/mol. The minimum Gasteiger partial charge on any atom is -0.492 e. The van der Waals surface area contributed by atoms with Gasteiger partial charge in [-0.05, 0) is 40.3 Å². The number of benzene rings is 2. The molecule has 1 heterocycles. The SMILES string of the molecule is O=C(NCCOc1ccc(Cl)cc1)[C@@H](Cc1ccccc1)n1cnnn1. The lowest BCUT2D eigenvalue weighted by molar-refractivity contribution is -0.124. The zero-order valence-corrected chi connectivity index (χ0v) is 14.7. The van der Waals surface area contributed by atoms with Crippen LogP contribution in [0.4, 0.5) is 0 Å². The molecular formula is C18H18ClN5O2. The molecule has 134 valence electrons. The zero-order chi connectivity index (χ0) is 18.2. The summed E-state index contributed by atoms with van der Waals surface area (Å²) < 4.78 is 7.04. The molecule has 0 radical (unpaired) electrons. The van der Waals surface area contributed by atoms with Gasteiger partial charge in [0.1, 0.15) is 24.7 Å². The number of amides is 1. The molecule has 1 N–H and O–H groups in total. The first-order valence-corrected chi connectivity index (χ1v) is 8.52. The lowest BCUT2D eigenvalue weighted by Crippen LogP contribution is -2.36. The first-order chi connectivity index (χ1) is 12.7. The number of rotatable bonds is 8. The van der Waals surface area contributed by atoms with Crippen molar-refractivity contribution in [2.75, 3.05) is 13.2 Å². The van der Waals surface area contributed by atoms with Crippen LogP contribution in [-0.4, -0.2) is 39.3 Å². The van der Waals surface area contributed by atoms with Gasteiger partial charge in [0.2, 0.25) is 5.91 Å². The highest BCUT2D eigenvalue weighted by molar-refractivity contribution is 6.30. The van der Waals surface area contributed by atoms with Crippen molar-refractivity contribution in [1.29, 1.82) is 0 Å². The summed E-state index contributed by atoms with van der Waals surface area (Å²) in [6, 6.07) is 16.3. The Bertz CT molecular complexity index is 809. The molecule has 7 nitrogen and oxygen atoms in total. The highest BCUT2D eigenvalue weighted by Gasteiger charge is 2.21. The van der Waals surface area contributed by atoms with Gasteiger partial charge < -0.3 is 10.1 Å². The summed E-state index contributed by atoms with van der Waals surface area (Å²) >= 11 is 5.83. The maximum atomic E-state index is 12.6. The molecule has 0 saturated heterocycles. The molecule has 0 unspecified atom stereocenters. The zero-order valence-electron chi connectivity index (χ0n) is 14.0. The van der Waals surface area contributed by atoms with Crippen molar-refractivity contribution >= 4 is 17.5 Å². The van der Waals surface area contributed by atoms with Crippen LogP contribution in [0.5, 0.6) is 5.75 Å². The maximum Gasteiger partial charge on any atom is 0.245 e. The number of halogens is 1. The summed E-state index contributed by atoms with van der Waals surface area (Å²) in [6.07, 6.45) is 1.94. The van der Waals surface area contributed by atoms with Crippen LogP contribution in [0.3, 0.4) is 0 Å². The summed E-state index contributed by atoms with van der Waals surface area (Å²) in [4.78, 5) is 12.6.